The average Bonchev–Trinajstić information content (AvgIpc) is 3.19. The Hall–Kier alpha value is -2.74. The zero-order chi connectivity index (χ0) is 22.6. The maximum Gasteiger partial charge on any atom is 0.169 e. The number of likely N-dealkylation sites (N-methyl/N-ethyl adjacent to an activating group) is 1. The van der Waals surface area contributed by atoms with E-state index >= 15 is 0 Å². The standard InChI is InChI=1S/C23H36N6O2/c1-15-19(30-16-9-7-6-8-10-16)12-11-17(27-15)22(24)18(29(5)25)14-26-21-13-20(31-28-21)23(2,3)4/h11-13,16H,6-10,14,24-25H2,1-5H3,(H,26,28)/b22-18-. The number of hydrogen-bond donors (Lipinski definition) is 3. The lowest BCUT2D eigenvalue weighted by atomic mass is 9.93. The van der Waals surface area contributed by atoms with E-state index < -0.39 is 0 Å². The van der Waals surface area contributed by atoms with Crippen LogP contribution in [0.1, 0.15) is 70.0 Å². The third-order valence-electron chi connectivity index (χ3n) is 5.58. The molecule has 8 nitrogen and oxygen atoms in total. The molecule has 0 aliphatic heterocycles. The third kappa shape index (κ3) is 5.91. The van der Waals surface area contributed by atoms with Gasteiger partial charge >= 0.3 is 0 Å². The van der Waals surface area contributed by atoms with E-state index in [2.05, 4.69) is 36.2 Å². The molecule has 170 valence electrons. The second kappa shape index (κ2) is 9.60. The number of rotatable bonds is 7. The lowest BCUT2D eigenvalue weighted by Gasteiger charge is -2.24. The van der Waals surface area contributed by atoms with Crippen molar-refractivity contribution >= 4 is 11.5 Å². The predicted octanol–water partition coefficient (Wildman–Crippen LogP) is 3.93. The SMILES string of the molecule is Cc1nc(/C(N)=C(\CNc2cc(C(C)(C)C)on2)N(C)N)ccc1OC1CCCCC1. The Morgan fingerprint density at radius 1 is 1.26 bits per heavy atom. The molecule has 3 rings (SSSR count). The number of anilines is 1. The first kappa shape index (κ1) is 22.9. The van der Waals surface area contributed by atoms with Gasteiger partial charge in [0, 0.05) is 18.5 Å². The highest BCUT2D eigenvalue weighted by Crippen LogP contribution is 2.27. The van der Waals surface area contributed by atoms with Crippen molar-refractivity contribution in [2.45, 2.75) is 71.3 Å². The first-order chi connectivity index (χ1) is 14.6. The van der Waals surface area contributed by atoms with Crippen LogP contribution < -0.4 is 21.6 Å². The molecule has 0 aromatic carbocycles. The summed E-state index contributed by atoms with van der Waals surface area (Å²) in [7, 11) is 1.75. The molecule has 2 heterocycles. The molecule has 2 aromatic rings. The Kier molecular flexibility index (Phi) is 7.10. The number of aryl methyl sites for hydroxylation is 1. The molecule has 1 aliphatic rings. The minimum Gasteiger partial charge on any atom is -0.489 e. The maximum atomic E-state index is 6.45. The summed E-state index contributed by atoms with van der Waals surface area (Å²) in [5, 5.41) is 8.82. The van der Waals surface area contributed by atoms with Crippen LogP contribution in [-0.4, -0.2) is 34.8 Å². The minimum atomic E-state index is -0.113. The average molecular weight is 429 g/mol. The van der Waals surface area contributed by atoms with E-state index in [1.54, 1.807) is 7.05 Å². The molecule has 0 bridgehead atoms. The lowest BCUT2D eigenvalue weighted by molar-refractivity contribution is 0.153. The van der Waals surface area contributed by atoms with Crippen molar-refractivity contribution < 1.29 is 9.26 Å². The van der Waals surface area contributed by atoms with Crippen molar-refractivity contribution in [1.82, 2.24) is 15.1 Å². The van der Waals surface area contributed by atoms with Crippen LogP contribution >= 0.6 is 0 Å². The molecular weight excluding hydrogens is 392 g/mol. The van der Waals surface area contributed by atoms with E-state index in [0.29, 0.717) is 29.5 Å². The van der Waals surface area contributed by atoms with Crippen LogP contribution in [-0.2, 0) is 5.41 Å². The summed E-state index contributed by atoms with van der Waals surface area (Å²) in [4.78, 5) is 4.68. The molecule has 0 saturated heterocycles. The third-order valence-corrected chi connectivity index (χ3v) is 5.58. The number of nitrogens with two attached hydrogens (primary N) is 2. The molecule has 0 unspecified atom stereocenters. The first-order valence-corrected chi connectivity index (χ1v) is 11.0. The summed E-state index contributed by atoms with van der Waals surface area (Å²) in [6.07, 6.45) is 6.25. The van der Waals surface area contributed by atoms with Crippen LogP contribution in [0.25, 0.3) is 5.70 Å². The largest absolute Gasteiger partial charge is 0.489 e. The number of pyridine rings is 1. The number of hydrogen-bond acceptors (Lipinski definition) is 8. The topological polar surface area (TPSA) is 115 Å². The highest BCUT2D eigenvalue weighted by atomic mass is 16.5. The van der Waals surface area contributed by atoms with Gasteiger partial charge in [-0.2, -0.15) is 0 Å². The summed E-state index contributed by atoms with van der Waals surface area (Å²) in [6, 6.07) is 5.73. The van der Waals surface area contributed by atoms with E-state index in [0.717, 1.165) is 30.0 Å². The summed E-state index contributed by atoms with van der Waals surface area (Å²) in [6.45, 7) is 8.55. The van der Waals surface area contributed by atoms with Crippen LogP contribution in [0.5, 0.6) is 5.75 Å². The number of ether oxygens (including phenoxy) is 1. The van der Waals surface area contributed by atoms with Gasteiger partial charge in [0.25, 0.3) is 0 Å². The maximum absolute atomic E-state index is 6.45. The van der Waals surface area contributed by atoms with Crippen LogP contribution in [0.4, 0.5) is 5.82 Å². The fourth-order valence-electron chi connectivity index (χ4n) is 3.63. The Morgan fingerprint density at radius 3 is 2.55 bits per heavy atom. The molecule has 5 N–H and O–H groups in total. The monoisotopic (exact) mass is 428 g/mol. The molecule has 0 spiro atoms. The molecule has 0 radical (unpaired) electrons. The summed E-state index contributed by atoms with van der Waals surface area (Å²) in [5.41, 5.74) is 9.03. The summed E-state index contributed by atoms with van der Waals surface area (Å²) < 4.78 is 11.6. The fraction of sp³-hybridized carbons (Fsp3) is 0.565. The highest BCUT2D eigenvalue weighted by molar-refractivity contribution is 5.64. The van der Waals surface area contributed by atoms with Gasteiger partial charge in [0.2, 0.25) is 0 Å². The number of nitrogens with zero attached hydrogens (tertiary/aromatic N) is 3. The lowest BCUT2D eigenvalue weighted by Crippen LogP contribution is -2.32. The van der Waals surface area contributed by atoms with Gasteiger partial charge in [0.1, 0.15) is 11.5 Å². The highest BCUT2D eigenvalue weighted by Gasteiger charge is 2.20. The number of nitrogens with one attached hydrogen (secondary N) is 1. The molecule has 0 atom stereocenters. The Labute approximate surface area is 185 Å². The second-order valence-corrected chi connectivity index (χ2v) is 9.31. The first-order valence-electron chi connectivity index (χ1n) is 11.0. The summed E-state index contributed by atoms with van der Waals surface area (Å²) in [5.74, 6) is 8.33. The van der Waals surface area contributed by atoms with Gasteiger partial charge in [0.15, 0.2) is 5.82 Å². The molecule has 8 heteroatoms. The molecule has 1 aliphatic carbocycles. The van der Waals surface area contributed by atoms with Crippen LogP contribution in [0.15, 0.2) is 28.4 Å². The van der Waals surface area contributed by atoms with Crippen molar-refractivity contribution in [3.05, 3.63) is 41.0 Å². The second-order valence-electron chi connectivity index (χ2n) is 9.31. The zero-order valence-electron chi connectivity index (χ0n) is 19.4. The smallest absolute Gasteiger partial charge is 0.169 e. The minimum absolute atomic E-state index is 0.113. The Balaban J connectivity index is 1.74. The van der Waals surface area contributed by atoms with Gasteiger partial charge in [-0.25, -0.2) is 10.8 Å². The van der Waals surface area contributed by atoms with Crippen LogP contribution in [0.3, 0.4) is 0 Å². The number of hydrazine groups is 1. The zero-order valence-corrected chi connectivity index (χ0v) is 19.4. The molecule has 1 saturated carbocycles. The van der Waals surface area contributed by atoms with E-state index in [1.165, 1.54) is 24.3 Å². The van der Waals surface area contributed by atoms with Crippen LogP contribution in [0, 0.1) is 6.92 Å². The van der Waals surface area contributed by atoms with Crippen molar-refractivity contribution in [3.63, 3.8) is 0 Å². The van der Waals surface area contributed by atoms with Gasteiger partial charge in [-0.3, -0.25) is 0 Å². The van der Waals surface area contributed by atoms with Crippen molar-refractivity contribution in [2.24, 2.45) is 11.6 Å². The normalized spacial score (nSPS) is 16.1. The molecule has 0 amide bonds. The van der Waals surface area contributed by atoms with E-state index in [-0.39, 0.29) is 11.5 Å². The quantitative estimate of drug-likeness (QED) is 0.449. The molecule has 1 fully saturated rings. The number of aromatic nitrogens is 2. The van der Waals surface area contributed by atoms with Gasteiger partial charge < -0.3 is 25.3 Å². The molecule has 2 aromatic heterocycles. The fourth-order valence-corrected chi connectivity index (χ4v) is 3.63. The van der Waals surface area contributed by atoms with E-state index in [1.807, 2.05) is 25.1 Å². The van der Waals surface area contributed by atoms with Gasteiger partial charge in [-0.15, -0.1) is 0 Å². The predicted molar refractivity (Wildman–Crippen MR) is 123 cm³/mol. The van der Waals surface area contributed by atoms with Gasteiger partial charge in [-0.05, 0) is 44.7 Å². The molecule has 31 heavy (non-hydrogen) atoms. The van der Waals surface area contributed by atoms with E-state index in [9.17, 15) is 0 Å². The molecular formula is C23H36N6O2. The van der Waals surface area contributed by atoms with Crippen LogP contribution in [0.2, 0.25) is 0 Å². The van der Waals surface area contributed by atoms with Crippen molar-refractivity contribution in [2.75, 3.05) is 18.9 Å². The van der Waals surface area contributed by atoms with Gasteiger partial charge in [-0.1, -0.05) is 32.3 Å². The van der Waals surface area contributed by atoms with Gasteiger partial charge in [0.05, 0.1) is 35.4 Å². The van der Waals surface area contributed by atoms with Crippen molar-refractivity contribution in [1.29, 1.82) is 0 Å². The summed E-state index contributed by atoms with van der Waals surface area (Å²) >= 11 is 0. The Morgan fingerprint density at radius 2 is 1.97 bits per heavy atom. The van der Waals surface area contributed by atoms with Crippen molar-refractivity contribution in [3.8, 4) is 5.75 Å². The Bertz CT molecular complexity index is 907. The van der Waals surface area contributed by atoms with E-state index in [4.69, 9.17) is 20.8 Å².